The van der Waals surface area contributed by atoms with Gasteiger partial charge < -0.3 is 13.9 Å². The highest BCUT2D eigenvalue weighted by atomic mass is 28.4. The number of carbonyl (C=O) groups is 2. The van der Waals surface area contributed by atoms with E-state index in [9.17, 15) is 93.0 Å². The van der Waals surface area contributed by atoms with Crippen LogP contribution < -0.4 is 15.5 Å². The summed E-state index contributed by atoms with van der Waals surface area (Å²) in [5.41, 5.74) is -0.438. The third kappa shape index (κ3) is 11.3. The second-order valence-electron chi connectivity index (χ2n) is 15.4. The van der Waals surface area contributed by atoms with E-state index in [0.717, 1.165) is 12.1 Å². The quantitative estimate of drug-likeness (QED) is 0.0271. The number of alkyl halides is 17. The molecule has 0 fully saturated rings. The summed E-state index contributed by atoms with van der Waals surface area (Å²) in [4.78, 5) is 24.7. The summed E-state index contributed by atoms with van der Waals surface area (Å²) < 4.78 is 280. The van der Waals surface area contributed by atoms with Crippen molar-refractivity contribution in [2.75, 3.05) is 18.5 Å². The Bertz CT molecular complexity index is 2020. The Balaban J connectivity index is 2.32. The van der Waals surface area contributed by atoms with Crippen LogP contribution >= 0.6 is 0 Å². The van der Waals surface area contributed by atoms with E-state index in [1.54, 1.807) is 0 Å². The molecule has 0 aromatic heterocycles. The highest BCUT2D eigenvalue weighted by Gasteiger charge is 2.95. The standard InChI is InChI=1S/C38H41F19N2O6Si/c1-19(2)66(20(3)4,16-13-31(41,42)32(43,44)33(45,46)34(47,48)35(49,50)36(51,52)37(53,54)38(55,56)57)64-15-14-63-25-10-7-23(8-11-25)28(17-21(5)22(6)29(60)59-62)65-30(61)58-27-12-9-24(39)18-26(27)40/h7-12,18-20,28,62H,13-17H2,1-6H3,(H,58,61)(H,59,60)/b22-21+/t28-/m1/s1. The van der Waals surface area contributed by atoms with Crippen molar-refractivity contribution in [2.45, 2.75) is 125 Å². The maximum atomic E-state index is 15.0. The summed E-state index contributed by atoms with van der Waals surface area (Å²) in [6.07, 6.45) is -13.2. The topological polar surface area (TPSA) is 106 Å². The van der Waals surface area contributed by atoms with Gasteiger partial charge in [0.05, 0.1) is 12.3 Å². The van der Waals surface area contributed by atoms with Crippen LogP contribution in [0, 0.1) is 11.6 Å². The first kappa shape index (κ1) is 57.7. The van der Waals surface area contributed by atoms with Crippen molar-refractivity contribution in [2.24, 2.45) is 0 Å². The zero-order valence-corrected chi connectivity index (χ0v) is 36.0. The second-order valence-corrected chi connectivity index (χ2v) is 20.4. The number of hydrogen-bond acceptors (Lipinski definition) is 6. The predicted molar refractivity (Wildman–Crippen MR) is 196 cm³/mol. The number of anilines is 1. The number of rotatable bonds is 22. The fraction of sp³-hybridized carbons (Fsp3) is 0.579. The van der Waals surface area contributed by atoms with Crippen LogP contribution in [0.1, 0.15) is 66.1 Å². The fourth-order valence-electron chi connectivity index (χ4n) is 6.32. The molecule has 2 rings (SSSR count). The van der Waals surface area contributed by atoms with Gasteiger partial charge in [0.25, 0.3) is 5.91 Å². The van der Waals surface area contributed by atoms with Gasteiger partial charge in [0.1, 0.15) is 30.1 Å². The Hall–Kier alpha value is -4.47. The summed E-state index contributed by atoms with van der Waals surface area (Å²) in [7, 11) is -4.07. The molecule has 1 atom stereocenters. The number of nitrogens with one attached hydrogen (secondary N) is 2. The number of halogens is 19. The molecule has 0 spiro atoms. The Morgan fingerprint density at radius 1 is 0.682 bits per heavy atom. The molecule has 2 aromatic carbocycles. The van der Waals surface area contributed by atoms with Gasteiger partial charge in [0, 0.05) is 24.5 Å². The van der Waals surface area contributed by atoms with Crippen molar-refractivity contribution in [3.8, 4) is 5.75 Å². The average molecular weight is 1010 g/mol. The molecule has 0 unspecified atom stereocenters. The third-order valence-electron chi connectivity index (χ3n) is 10.5. The summed E-state index contributed by atoms with van der Waals surface area (Å²) in [5.74, 6) is -60.1. The molecule has 0 aliphatic rings. The zero-order valence-electron chi connectivity index (χ0n) is 35.0. The molecule has 28 heteroatoms. The van der Waals surface area contributed by atoms with Gasteiger partial charge in [-0.2, -0.15) is 74.6 Å². The molecule has 0 saturated carbocycles. The lowest BCUT2D eigenvalue weighted by Gasteiger charge is -2.44. The Morgan fingerprint density at radius 3 is 1.62 bits per heavy atom. The molecule has 2 amide bonds. The van der Waals surface area contributed by atoms with Crippen molar-refractivity contribution >= 4 is 26.0 Å². The van der Waals surface area contributed by atoms with E-state index in [-0.39, 0.29) is 28.9 Å². The molecule has 0 aliphatic carbocycles. The van der Waals surface area contributed by atoms with Gasteiger partial charge in [0.2, 0.25) is 0 Å². The fourth-order valence-corrected chi connectivity index (χ4v) is 10.8. The van der Waals surface area contributed by atoms with Crippen LogP contribution in [-0.4, -0.2) is 86.4 Å². The number of amides is 2. The number of ether oxygens (including phenoxy) is 2. The molecule has 0 bridgehead atoms. The zero-order chi connectivity index (χ0) is 51.4. The number of benzene rings is 2. The molecule has 8 nitrogen and oxygen atoms in total. The lowest BCUT2D eigenvalue weighted by Crippen LogP contribution is -2.74. The summed E-state index contributed by atoms with van der Waals surface area (Å²) in [6.45, 7) is 6.76. The van der Waals surface area contributed by atoms with Crippen molar-refractivity contribution < 1.29 is 112 Å². The van der Waals surface area contributed by atoms with Gasteiger partial charge >= 0.3 is 53.7 Å². The first-order valence-electron chi connectivity index (χ1n) is 18.9. The molecule has 66 heavy (non-hydrogen) atoms. The normalized spacial score (nSPS) is 14.8. The van der Waals surface area contributed by atoms with Crippen molar-refractivity contribution in [3.63, 3.8) is 0 Å². The van der Waals surface area contributed by atoms with Crippen molar-refractivity contribution in [1.82, 2.24) is 5.48 Å². The number of hydrogen-bond donors (Lipinski definition) is 3. The van der Waals surface area contributed by atoms with E-state index in [4.69, 9.17) is 19.1 Å². The molecule has 2 aromatic rings. The van der Waals surface area contributed by atoms with E-state index in [1.807, 2.05) is 0 Å². The minimum Gasteiger partial charge on any atom is -0.491 e. The van der Waals surface area contributed by atoms with Crippen molar-refractivity contribution in [3.05, 3.63) is 70.8 Å². The summed E-state index contributed by atoms with van der Waals surface area (Å²) in [5, 5.41) is 11.1. The van der Waals surface area contributed by atoms with E-state index in [1.165, 1.54) is 71.3 Å². The molecular formula is C38H41F19N2O6Si. The molecular weight excluding hydrogens is 969 g/mol. The van der Waals surface area contributed by atoms with Crippen LogP contribution in [0.5, 0.6) is 5.75 Å². The lowest BCUT2D eigenvalue weighted by molar-refractivity contribution is -0.461. The molecule has 376 valence electrons. The minimum atomic E-state index is -8.73. The Labute approximate surface area is 363 Å². The Morgan fingerprint density at radius 2 is 1.17 bits per heavy atom. The highest BCUT2D eigenvalue weighted by Crippen LogP contribution is 2.64. The largest absolute Gasteiger partial charge is 0.491 e. The van der Waals surface area contributed by atoms with Gasteiger partial charge in [-0.15, -0.1) is 0 Å². The summed E-state index contributed by atoms with van der Waals surface area (Å²) >= 11 is 0. The SMILES string of the molecule is C/C(C[C@@H](OC(=O)Nc1ccc(F)cc1F)c1ccc(OCCO[Si](CCC(F)(F)C(F)(F)C(F)(F)C(F)(F)C(F)(F)C(F)(F)C(F)(F)C(F)(F)F)(C(C)C)C(C)C)cc1)=C(/C)C(=O)NO. The second kappa shape index (κ2) is 20.4. The summed E-state index contributed by atoms with van der Waals surface area (Å²) in [6, 6.07) is 6.03. The third-order valence-corrected chi connectivity index (χ3v) is 16.2. The average Bonchev–Trinajstić information content (AvgIpc) is 3.19. The Kier molecular flexibility index (Phi) is 17.8. The van der Waals surface area contributed by atoms with Crippen LogP contribution in [0.15, 0.2) is 53.6 Å². The van der Waals surface area contributed by atoms with E-state index in [2.05, 4.69) is 5.32 Å². The van der Waals surface area contributed by atoms with E-state index in [0.29, 0.717) is 6.07 Å². The molecule has 0 aliphatic heterocycles. The lowest BCUT2D eigenvalue weighted by atomic mass is 9.88. The first-order chi connectivity index (χ1) is 29.7. The maximum Gasteiger partial charge on any atom is 0.460 e. The molecule has 0 radical (unpaired) electrons. The first-order valence-corrected chi connectivity index (χ1v) is 21.1. The van der Waals surface area contributed by atoms with Gasteiger partial charge in [0.15, 0.2) is 8.32 Å². The molecule has 3 N–H and O–H groups in total. The van der Waals surface area contributed by atoms with Gasteiger partial charge in [-0.25, -0.2) is 19.1 Å². The van der Waals surface area contributed by atoms with Crippen LogP contribution in [-0.2, 0) is 14.0 Å². The van der Waals surface area contributed by atoms with E-state index >= 15 is 0 Å². The van der Waals surface area contributed by atoms with E-state index < -0.39 is 128 Å². The van der Waals surface area contributed by atoms with Gasteiger partial charge in [-0.3, -0.25) is 15.3 Å². The molecule has 0 saturated heterocycles. The number of hydroxylamine groups is 1. The monoisotopic (exact) mass is 1010 g/mol. The predicted octanol–water partition coefficient (Wildman–Crippen LogP) is 13.0. The van der Waals surface area contributed by atoms with Crippen molar-refractivity contribution in [1.29, 1.82) is 0 Å². The highest BCUT2D eigenvalue weighted by molar-refractivity contribution is 6.76. The minimum absolute atomic E-state index is 0.000366. The van der Waals surface area contributed by atoms with Crippen LogP contribution in [0.2, 0.25) is 17.1 Å². The van der Waals surface area contributed by atoms with Gasteiger partial charge in [-0.1, -0.05) is 45.4 Å². The van der Waals surface area contributed by atoms with Crippen LogP contribution in [0.3, 0.4) is 0 Å². The number of carbonyl (C=O) groups excluding carboxylic acids is 2. The smallest absolute Gasteiger partial charge is 0.460 e. The van der Waals surface area contributed by atoms with Crippen LogP contribution in [0.25, 0.3) is 0 Å². The maximum absolute atomic E-state index is 15.0. The molecule has 0 heterocycles. The van der Waals surface area contributed by atoms with Gasteiger partial charge in [-0.05, 0) is 60.8 Å². The van der Waals surface area contributed by atoms with Crippen LogP contribution in [0.4, 0.5) is 93.9 Å².